The molecule has 0 aliphatic carbocycles. The SMILES string of the molecule is CCC(C)C1CC(O)c2ccc(OC)cc2O1. The lowest BCUT2D eigenvalue weighted by Gasteiger charge is -2.33. The number of rotatable bonds is 3. The average Bonchev–Trinajstić information content (AvgIpc) is 2.36. The van der Waals surface area contributed by atoms with E-state index < -0.39 is 6.10 Å². The number of aliphatic hydroxyl groups excluding tert-OH is 1. The first-order valence-corrected chi connectivity index (χ1v) is 6.18. The molecule has 1 heterocycles. The summed E-state index contributed by atoms with van der Waals surface area (Å²) in [4.78, 5) is 0. The van der Waals surface area contributed by atoms with Gasteiger partial charge in [0, 0.05) is 18.1 Å². The predicted molar refractivity (Wildman–Crippen MR) is 66.4 cm³/mol. The lowest BCUT2D eigenvalue weighted by atomic mass is 9.91. The molecule has 0 spiro atoms. The summed E-state index contributed by atoms with van der Waals surface area (Å²) >= 11 is 0. The molecular weight excluding hydrogens is 216 g/mol. The zero-order valence-electron chi connectivity index (χ0n) is 10.6. The van der Waals surface area contributed by atoms with Gasteiger partial charge in [-0.05, 0) is 18.1 Å². The Morgan fingerprint density at radius 1 is 1.53 bits per heavy atom. The number of aliphatic hydroxyl groups is 1. The van der Waals surface area contributed by atoms with Crippen LogP contribution in [-0.2, 0) is 0 Å². The molecule has 1 aliphatic rings. The Labute approximate surface area is 102 Å². The van der Waals surface area contributed by atoms with Crippen LogP contribution in [-0.4, -0.2) is 18.3 Å². The summed E-state index contributed by atoms with van der Waals surface area (Å²) in [6, 6.07) is 5.59. The second-order valence-electron chi connectivity index (χ2n) is 4.70. The highest BCUT2D eigenvalue weighted by Crippen LogP contribution is 2.39. The molecule has 3 heteroatoms. The summed E-state index contributed by atoms with van der Waals surface area (Å²) in [5.41, 5.74) is 0.866. The van der Waals surface area contributed by atoms with E-state index in [1.54, 1.807) is 7.11 Å². The van der Waals surface area contributed by atoms with Crippen molar-refractivity contribution in [1.82, 2.24) is 0 Å². The van der Waals surface area contributed by atoms with Crippen molar-refractivity contribution in [2.24, 2.45) is 5.92 Å². The lowest BCUT2D eigenvalue weighted by molar-refractivity contribution is 0.0373. The molecule has 1 aromatic carbocycles. The fraction of sp³-hybridized carbons (Fsp3) is 0.571. The summed E-state index contributed by atoms with van der Waals surface area (Å²) < 4.78 is 11.1. The maximum absolute atomic E-state index is 10.1. The molecule has 0 saturated carbocycles. The molecular formula is C14H20O3. The zero-order valence-corrected chi connectivity index (χ0v) is 10.6. The Hall–Kier alpha value is -1.22. The molecule has 0 saturated heterocycles. The van der Waals surface area contributed by atoms with Crippen LogP contribution in [0.1, 0.15) is 38.4 Å². The summed E-state index contributed by atoms with van der Waals surface area (Å²) in [6.45, 7) is 4.30. The molecule has 17 heavy (non-hydrogen) atoms. The Kier molecular flexibility index (Phi) is 3.57. The van der Waals surface area contributed by atoms with Crippen LogP contribution in [0.5, 0.6) is 11.5 Å². The second kappa shape index (κ2) is 4.96. The third kappa shape index (κ3) is 2.39. The highest BCUT2D eigenvalue weighted by atomic mass is 16.5. The molecule has 3 atom stereocenters. The Balaban J connectivity index is 2.27. The first-order valence-electron chi connectivity index (χ1n) is 6.18. The Morgan fingerprint density at radius 2 is 2.29 bits per heavy atom. The minimum atomic E-state index is -0.427. The summed E-state index contributed by atoms with van der Waals surface area (Å²) in [7, 11) is 1.63. The van der Waals surface area contributed by atoms with Crippen LogP contribution in [0.25, 0.3) is 0 Å². The fourth-order valence-corrected chi connectivity index (χ4v) is 2.19. The molecule has 0 amide bonds. The molecule has 3 unspecified atom stereocenters. The first kappa shape index (κ1) is 12.2. The van der Waals surface area contributed by atoms with Crippen molar-refractivity contribution in [3.05, 3.63) is 23.8 Å². The minimum absolute atomic E-state index is 0.0922. The number of hydrogen-bond acceptors (Lipinski definition) is 3. The average molecular weight is 236 g/mol. The number of fused-ring (bicyclic) bond motifs is 1. The van der Waals surface area contributed by atoms with E-state index in [4.69, 9.17) is 9.47 Å². The third-order valence-electron chi connectivity index (χ3n) is 3.59. The van der Waals surface area contributed by atoms with Gasteiger partial charge in [-0.1, -0.05) is 20.3 Å². The number of hydrogen-bond donors (Lipinski definition) is 1. The van der Waals surface area contributed by atoms with E-state index in [0.29, 0.717) is 12.3 Å². The van der Waals surface area contributed by atoms with E-state index >= 15 is 0 Å². The third-order valence-corrected chi connectivity index (χ3v) is 3.59. The van der Waals surface area contributed by atoms with E-state index in [1.165, 1.54) is 0 Å². The van der Waals surface area contributed by atoms with Crippen molar-refractivity contribution in [3.63, 3.8) is 0 Å². The van der Waals surface area contributed by atoms with Crippen LogP contribution in [0.4, 0.5) is 0 Å². The summed E-state index contributed by atoms with van der Waals surface area (Å²) in [6.07, 6.45) is 1.39. The molecule has 1 aromatic rings. The second-order valence-corrected chi connectivity index (χ2v) is 4.70. The van der Waals surface area contributed by atoms with Gasteiger partial charge in [-0.2, -0.15) is 0 Å². The maximum atomic E-state index is 10.1. The number of methoxy groups -OCH3 is 1. The van der Waals surface area contributed by atoms with E-state index in [9.17, 15) is 5.11 Å². The van der Waals surface area contributed by atoms with Gasteiger partial charge in [0.25, 0.3) is 0 Å². The normalized spacial score (nSPS) is 24.7. The van der Waals surface area contributed by atoms with Crippen LogP contribution in [0.15, 0.2) is 18.2 Å². The van der Waals surface area contributed by atoms with Gasteiger partial charge in [0.1, 0.15) is 17.6 Å². The summed E-state index contributed by atoms with van der Waals surface area (Å²) in [5.74, 6) is 1.97. The molecule has 1 N–H and O–H groups in total. The van der Waals surface area contributed by atoms with Crippen LogP contribution >= 0.6 is 0 Å². The smallest absolute Gasteiger partial charge is 0.129 e. The quantitative estimate of drug-likeness (QED) is 0.877. The van der Waals surface area contributed by atoms with Crippen molar-refractivity contribution < 1.29 is 14.6 Å². The van der Waals surface area contributed by atoms with Crippen LogP contribution in [0.3, 0.4) is 0 Å². The Bertz CT molecular complexity index is 389. The van der Waals surface area contributed by atoms with Gasteiger partial charge < -0.3 is 14.6 Å². The lowest BCUT2D eigenvalue weighted by Crippen LogP contribution is -2.31. The summed E-state index contributed by atoms with van der Waals surface area (Å²) in [5, 5.41) is 10.1. The van der Waals surface area contributed by atoms with E-state index in [2.05, 4.69) is 13.8 Å². The maximum Gasteiger partial charge on any atom is 0.129 e. The van der Waals surface area contributed by atoms with E-state index in [1.807, 2.05) is 18.2 Å². The van der Waals surface area contributed by atoms with Crippen molar-refractivity contribution in [1.29, 1.82) is 0 Å². The van der Waals surface area contributed by atoms with Gasteiger partial charge in [-0.3, -0.25) is 0 Å². The van der Waals surface area contributed by atoms with Crippen molar-refractivity contribution in [2.45, 2.75) is 38.9 Å². The topological polar surface area (TPSA) is 38.7 Å². The molecule has 94 valence electrons. The number of ether oxygens (including phenoxy) is 2. The zero-order chi connectivity index (χ0) is 12.4. The standard InChI is InChI=1S/C14H20O3/c1-4-9(2)13-8-12(15)11-6-5-10(16-3)7-14(11)17-13/h5-7,9,12-13,15H,4,8H2,1-3H3. The van der Waals surface area contributed by atoms with Gasteiger partial charge in [0.15, 0.2) is 0 Å². The number of benzene rings is 1. The van der Waals surface area contributed by atoms with Crippen molar-refractivity contribution in [2.75, 3.05) is 7.11 Å². The fourth-order valence-electron chi connectivity index (χ4n) is 2.19. The van der Waals surface area contributed by atoms with E-state index in [0.717, 1.165) is 23.5 Å². The minimum Gasteiger partial charge on any atom is -0.497 e. The first-order chi connectivity index (χ1) is 8.15. The van der Waals surface area contributed by atoms with Crippen molar-refractivity contribution in [3.8, 4) is 11.5 Å². The molecule has 0 fully saturated rings. The molecule has 3 nitrogen and oxygen atoms in total. The monoisotopic (exact) mass is 236 g/mol. The van der Waals surface area contributed by atoms with Crippen LogP contribution < -0.4 is 9.47 Å². The van der Waals surface area contributed by atoms with E-state index in [-0.39, 0.29) is 6.10 Å². The van der Waals surface area contributed by atoms with Crippen LogP contribution in [0, 0.1) is 5.92 Å². The Morgan fingerprint density at radius 3 is 2.94 bits per heavy atom. The van der Waals surface area contributed by atoms with Crippen LogP contribution in [0.2, 0.25) is 0 Å². The predicted octanol–water partition coefficient (Wildman–Crippen LogP) is 2.93. The van der Waals surface area contributed by atoms with Gasteiger partial charge in [-0.25, -0.2) is 0 Å². The molecule has 0 aromatic heterocycles. The molecule has 0 radical (unpaired) electrons. The molecule has 0 bridgehead atoms. The van der Waals surface area contributed by atoms with Gasteiger partial charge in [0.05, 0.1) is 13.2 Å². The highest BCUT2D eigenvalue weighted by Gasteiger charge is 2.29. The van der Waals surface area contributed by atoms with Gasteiger partial charge in [0.2, 0.25) is 0 Å². The van der Waals surface area contributed by atoms with Crippen molar-refractivity contribution >= 4 is 0 Å². The van der Waals surface area contributed by atoms with Gasteiger partial charge >= 0.3 is 0 Å². The highest BCUT2D eigenvalue weighted by molar-refractivity contribution is 5.43. The molecule has 1 aliphatic heterocycles. The molecule has 2 rings (SSSR count). The largest absolute Gasteiger partial charge is 0.497 e. The van der Waals surface area contributed by atoms with Gasteiger partial charge in [-0.15, -0.1) is 0 Å².